The molecule has 3 aliphatic rings. The Kier molecular flexibility index (Phi) is 1.41. The molecule has 1 saturated carbocycles. The Balaban J connectivity index is 2.25. The highest BCUT2D eigenvalue weighted by Gasteiger charge is 2.64. The zero-order chi connectivity index (χ0) is 10.1. The molecule has 4 atom stereocenters. The van der Waals surface area contributed by atoms with Gasteiger partial charge in [-0.15, -0.1) is 3.63 Å². The van der Waals surface area contributed by atoms with Gasteiger partial charge in [0.2, 0.25) is 0 Å². The van der Waals surface area contributed by atoms with Crippen molar-refractivity contribution >= 4 is 20.2 Å². The molecule has 0 aromatic rings. The van der Waals surface area contributed by atoms with Crippen molar-refractivity contribution in [2.75, 3.05) is 0 Å². The van der Waals surface area contributed by atoms with E-state index in [1.165, 1.54) is 0 Å². The monoisotopic (exact) mass is 236 g/mol. The van der Waals surface area contributed by atoms with Crippen LogP contribution in [0.25, 0.3) is 0 Å². The lowest BCUT2D eigenvalue weighted by atomic mass is 10.1. The summed E-state index contributed by atoms with van der Waals surface area (Å²) in [4.78, 5) is 0. The fraction of sp³-hybridized carbons (Fsp3) is 0.714. The van der Waals surface area contributed by atoms with Crippen molar-refractivity contribution in [2.45, 2.75) is 16.9 Å². The Morgan fingerprint density at radius 1 is 0.929 bits per heavy atom. The maximum Gasteiger partial charge on any atom is 0.286 e. The maximum atomic E-state index is 11.4. The summed E-state index contributed by atoms with van der Waals surface area (Å²) in [5.74, 6) is -0.348. The average molecular weight is 236 g/mol. The second kappa shape index (κ2) is 2.23. The van der Waals surface area contributed by atoms with Crippen LogP contribution in [0.3, 0.4) is 0 Å². The molecule has 78 valence electrons. The SMILES string of the molecule is O=S1(=O)OS(=O)(=O)[C@H]2C3C=CC(C3)C21. The van der Waals surface area contributed by atoms with Gasteiger partial charge in [-0.25, -0.2) is 0 Å². The standard InChI is InChI=1S/C7H8O5S2/c8-13(9)6-4-1-2-5(3-4)7(6)14(10,11)12-13/h1-2,4-7H,3H2/t4?,5?,6-,7?/m0/s1. The summed E-state index contributed by atoms with van der Waals surface area (Å²) in [6, 6.07) is 0. The van der Waals surface area contributed by atoms with E-state index in [4.69, 9.17) is 0 Å². The highest BCUT2D eigenvalue weighted by atomic mass is 32.3. The molecule has 1 heterocycles. The predicted molar refractivity (Wildman–Crippen MR) is 47.2 cm³/mol. The third-order valence-electron chi connectivity index (χ3n) is 3.17. The Bertz CT molecular complexity index is 468. The van der Waals surface area contributed by atoms with Crippen LogP contribution in [0, 0.1) is 11.8 Å². The number of hydrogen-bond acceptors (Lipinski definition) is 5. The van der Waals surface area contributed by atoms with Gasteiger partial charge >= 0.3 is 0 Å². The number of hydrogen-bond donors (Lipinski definition) is 0. The number of fused-ring (bicyclic) bond motifs is 5. The van der Waals surface area contributed by atoms with Crippen molar-refractivity contribution in [2.24, 2.45) is 11.8 Å². The predicted octanol–water partition coefficient (Wildman–Crippen LogP) is -0.381. The van der Waals surface area contributed by atoms with Crippen molar-refractivity contribution in [1.29, 1.82) is 0 Å². The largest absolute Gasteiger partial charge is 0.286 e. The highest BCUT2D eigenvalue weighted by Crippen LogP contribution is 2.50. The second-order valence-electron chi connectivity index (χ2n) is 3.93. The zero-order valence-corrected chi connectivity index (χ0v) is 8.66. The molecule has 1 aliphatic heterocycles. The van der Waals surface area contributed by atoms with Gasteiger partial charge in [0.25, 0.3) is 20.2 Å². The molecule has 0 N–H and O–H groups in total. The fourth-order valence-corrected chi connectivity index (χ4v) is 7.63. The Morgan fingerprint density at radius 2 is 1.36 bits per heavy atom. The summed E-state index contributed by atoms with van der Waals surface area (Å²) in [6.07, 6.45) is 4.19. The molecule has 2 aliphatic carbocycles. The van der Waals surface area contributed by atoms with Crippen molar-refractivity contribution in [3.63, 3.8) is 0 Å². The molecule has 7 heteroatoms. The van der Waals surface area contributed by atoms with E-state index in [-0.39, 0.29) is 11.8 Å². The van der Waals surface area contributed by atoms with Crippen LogP contribution in [0.5, 0.6) is 0 Å². The van der Waals surface area contributed by atoms with Crippen LogP contribution < -0.4 is 0 Å². The molecule has 2 fully saturated rings. The molecule has 0 radical (unpaired) electrons. The third-order valence-corrected chi connectivity index (χ3v) is 7.48. The first-order valence-corrected chi connectivity index (χ1v) is 7.23. The van der Waals surface area contributed by atoms with E-state index >= 15 is 0 Å². The lowest BCUT2D eigenvalue weighted by molar-refractivity contribution is 0.465. The first-order valence-electron chi connectivity index (χ1n) is 4.29. The summed E-state index contributed by atoms with van der Waals surface area (Å²) in [5.41, 5.74) is 0. The number of allylic oxidation sites excluding steroid dienone is 2. The summed E-state index contributed by atoms with van der Waals surface area (Å²) in [6.45, 7) is 0. The molecule has 0 amide bonds. The average Bonchev–Trinajstić information content (AvgIpc) is 2.61. The van der Waals surface area contributed by atoms with E-state index in [2.05, 4.69) is 3.63 Å². The third kappa shape index (κ3) is 0.875. The van der Waals surface area contributed by atoms with Gasteiger partial charge in [-0.05, 0) is 18.3 Å². The van der Waals surface area contributed by atoms with Gasteiger partial charge in [-0.2, -0.15) is 16.8 Å². The minimum Gasteiger partial charge on any atom is -0.198 e. The van der Waals surface area contributed by atoms with E-state index < -0.39 is 30.7 Å². The van der Waals surface area contributed by atoms with Gasteiger partial charge in [0.15, 0.2) is 0 Å². The number of rotatable bonds is 0. The van der Waals surface area contributed by atoms with E-state index in [9.17, 15) is 16.8 Å². The zero-order valence-electron chi connectivity index (χ0n) is 7.03. The van der Waals surface area contributed by atoms with Crippen LogP contribution in [-0.4, -0.2) is 27.3 Å². The molecular weight excluding hydrogens is 228 g/mol. The second-order valence-corrected chi connectivity index (χ2v) is 7.54. The van der Waals surface area contributed by atoms with Gasteiger partial charge < -0.3 is 0 Å². The van der Waals surface area contributed by atoms with Crippen molar-refractivity contribution in [3.05, 3.63) is 12.2 Å². The molecule has 1 saturated heterocycles. The minimum atomic E-state index is -3.90. The summed E-state index contributed by atoms with van der Waals surface area (Å²) in [7, 11) is -7.80. The van der Waals surface area contributed by atoms with E-state index in [1.54, 1.807) is 12.2 Å². The summed E-state index contributed by atoms with van der Waals surface area (Å²) in [5, 5.41) is -1.72. The van der Waals surface area contributed by atoms with Crippen LogP contribution in [0.15, 0.2) is 12.2 Å². The van der Waals surface area contributed by atoms with E-state index in [0.717, 1.165) is 0 Å². The lowest BCUT2D eigenvalue weighted by Gasteiger charge is -2.13. The fourth-order valence-electron chi connectivity index (χ4n) is 2.71. The van der Waals surface area contributed by atoms with Crippen molar-refractivity contribution in [3.8, 4) is 0 Å². The van der Waals surface area contributed by atoms with Crippen molar-refractivity contribution in [1.82, 2.24) is 0 Å². The normalized spacial score (nSPS) is 50.9. The lowest BCUT2D eigenvalue weighted by Crippen LogP contribution is -2.32. The van der Waals surface area contributed by atoms with Gasteiger partial charge in [-0.3, -0.25) is 0 Å². The maximum absolute atomic E-state index is 11.4. The first-order chi connectivity index (χ1) is 6.42. The molecule has 0 aromatic carbocycles. The Morgan fingerprint density at radius 3 is 1.79 bits per heavy atom. The Labute approximate surface area is 82.0 Å². The van der Waals surface area contributed by atoms with Gasteiger partial charge in [0.05, 0.1) is 0 Å². The van der Waals surface area contributed by atoms with Gasteiger partial charge in [0.1, 0.15) is 10.5 Å². The molecule has 3 rings (SSSR count). The van der Waals surface area contributed by atoms with Crippen LogP contribution in [0.4, 0.5) is 0 Å². The molecule has 14 heavy (non-hydrogen) atoms. The molecule has 5 nitrogen and oxygen atoms in total. The van der Waals surface area contributed by atoms with Crippen LogP contribution in [0.2, 0.25) is 0 Å². The van der Waals surface area contributed by atoms with Crippen molar-refractivity contribution < 1.29 is 20.5 Å². The molecular formula is C7H8O5S2. The molecule has 3 unspecified atom stereocenters. The van der Waals surface area contributed by atoms with E-state index in [1.807, 2.05) is 0 Å². The van der Waals surface area contributed by atoms with Gasteiger partial charge in [0, 0.05) is 0 Å². The molecule has 0 spiro atoms. The molecule has 2 bridgehead atoms. The van der Waals surface area contributed by atoms with Gasteiger partial charge in [-0.1, -0.05) is 12.2 Å². The smallest absolute Gasteiger partial charge is 0.198 e. The summed E-state index contributed by atoms with van der Waals surface area (Å²) < 4.78 is 49.8. The topological polar surface area (TPSA) is 77.5 Å². The molecule has 0 aromatic heterocycles. The first kappa shape index (κ1) is 8.87. The quantitative estimate of drug-likeness (QED) is 0.536. The highest BCUT2D eigenvalue weighted by molar-refractivity contribution is 8.04. The Hall–Kier alpha value is -0.400. The van der Waals surface area contributed by atoms with Crippen LogP contribution in [0.1, 0.15) is 6.42 Å². The van der Waals surface area contributed by atoms with Crippen LogP contribution in [-0.2, 0) is 23.9 Å². The summed E-state index contributed by atoms with van der Waals surface area (Å²) >= 11 is 0. The van der Waals surface area contributed by atoms with Crippen LogP contribution >= 0.6 is 0 Å². The van der Waals surface area contributed by atoms with E-state index in [0.29, 0.717) is 6.42 Å². The minimum absolute atomic E-state index is 0.174.